The molecule has 1 heterocycles. The van der Waals surface area contributed by atoms with Gasteiger partial charge in [0, 0.05) is 107 Å². The predicted octanol–water partition coefficient (Wildman–Crippen LogP) is 4.80. The largest absolute Gasteiger partial charge is 0.481 e. The molecule has 1 aromatic rings. The van der Waals surface area contributed by atoms with E-state index < -0.39 is 134 Å². The van der Waals surface area contributed by atoms with E-state index in [0.717, 1.165) is 0 Å². The summed E-state index contributed by atoms with van der Waals surface area (Å²) in [7, 11) is 14.1. The highest BCUT2D eigenvalue weighted by Gasteiger charge is 2.44. The molecule has 2 rings (SSSR count). The summed E-state index contributed by atoms with van der Waals surface area (Å²) in [4.78, 5) is 144. The van der Waals surface area contributed by atoms with Crippen LogP contribution in [0.2, 0.25) is 0 Å². The lowest BCUT2D eigenvalue weighted by atomic mass is 9.89. The van der Waals surface area contributed by atoms with Crippen LogP contribution in [0.15, 0.2) is 30.3 Å². The van der Waals surface area contributed by atoms with Gasteiger partial charge in [-0.05, 0) is 102 Å². The molecule has 0 radical (unpaired) electrons. The summed E-state index contributed by atoms with van der Waals surface area (Å²) in [5.41, 5.74) is 0.606. The lowest BCUT2D eigenvalue weighted by Gasteiger charge is -2.41. The van der Waals surface area contributed by atoms with E-state index in [1.54, 1.807) is 61.0 Å². The maximum absolute atomic E-state index is 14.5. The smallest absolute Gasteiger partial charge is 0.326 e. The molecular formula is C87H157N7O31S. The van der Waals surface area contributed by atoms with Crippen LogP contribution in [0.4, 0.5) is 0 Å². The van der Waals surface area contributed by atoms with Crippen LogP contribution in [0.1, 0.15) is 204 Å². The number of likely N-dealkylation sites (N-methyl/N-ethyl adjacent to an activating group) is 2. The fourth-order valence-electron chi connectivity index (χ4n) is 13.1. The van der Waals surface area contributed by atoms with Gasteiger partial charge in [-0.15, -0.1) is 0 Å². The number of ether oxygens (including phenoxy) is 14. The van der Waals surface area contributed by atoms with Gasteiger partial charge in [-0.2, -0.15) is 12.6 Å². The molecule has 732 valence electrons. The summed E-state index contributed by atoms with van der Waals surface area (Å²) in [6, 6.07) is 5.92. The Hall–Kier alpha value is -6.90. The van der Waals surface area contributed by atoms with Crippen LogP contribution >= 0.6 is 12.6 Å². The molecule has 6 amide bonds. The molecule has 1 aromatic carbocycles. The van der Waals surface area contributed by atoms with Crippen molar-refractivity contribution in [1.82, 2.24) is 36.0 Å². The molecule has 0 saturated carbocycles. The first-order chi connectivity index (χ1) is 59.9. The number of benzene rings is 1. The molecule has 38 nitrogen and oxygen atoms in total. The third-order valence-corrected chi connectivity index (χ3v) is 20.9. The Morgan fingerprint density at radius 3 is 1.34 bits per heavy atom. The molecule has 1 aliphatic rings. The normalized spacial score (nSPS) is 16.6. The molecule has 0 spiro atoms. The third kappa shape index (κ3) is 50.3. The van der Waals surface area contributed by atoms with Gasteiger partial charge in [0.05, 0.1) is 106 Å². The van der Waals surface area contributed by atoms with E-state index in [1.807, 2.05) is 88.2 Å². The molecule has 0 aliphatic carbocycles. The quantitative estimate of drug-likeness (QED) is 0.0180. The summed E-state index contributed by atoms with van der Waals surface area (Å²) in [6.07, 6.45) is -1.20. The summed E-state index contributed by atoms with van der Waals surface area (Å²) in [5.74, 6) is -5.32. The van der Waals surface area contributed by atoms with Crippen LogP contribution in [0.25, 0.3) is 0 Å². The highest BCUT2D eigenvalue weighted by Crippen LogP contribution is 2.31. The van der Waals surface area contributed by atoms with E-state index in [4.69, 9.17) is 91.8 Å². The lowest BCUT2D eigenvalue weighted by molar-refractivity contribution is -0.194. The van der Waals surface area contributed by atoms with E-state index in [9.17, 15) is 57.8 Å². The van der Waals surface area contributed by atoms with Crippen molar-refractivity contribution >= 4 is 77.9 Å². The van der Waals surface area contributed by atoms with Crippen molar-refractivity contribution in [3.8, 4) is 0 Å². The maximum Gasteiger partial charge on any atom is 0.326 e. The number of likely N-dealkylation sites (tertiary alicyclic amines) is 1. The minimum atomic E-state index is -0.946. The molecule has 10 N–H and O–H groups in total. The van der Waals surface area contributed by atoms with E-state index >= 15 is 0 Å². The summed E-state index contributed by atoms with van der Waals surface area (Å²) in [5, 5.41) is 64.4. The highest BCUT2D eigenvalue weighted by atomic mass is 32.1. The van der Waals surface area contributed by atoms with E-state index in [-0.39, 0.29) is 170 Å². The SMILES string of the molecule is CCC(CO)OC(CO)OC.CCC(CO)OC(COC(=O)CCCC(=O)NCC(=O)OC(c1ccccc1)[C@@H](C)NC(=O)[C@H](C)[C@@H](OC)[C@@H]1CCCN1C(=O)C[C@@H](OC)[C@H]([C@@H](C)CC)N(C)C(=O)C(NC(=O)[C@H](C(C)C)N(C)C)C(C)C)OC.CCC(CO)OC(COC(=O)CCCC(=O)NCCS)OC.CCC(CO)OC(COC(=O)CCCC(=O)O)OC. The van der Waals surface area contributed by atoms with Crippen molar-refractivity contribution in [2.75, 3.05) is 142 Å². The van der Waals surface area contributed by atoms with Crippen molar-refractivity contribution in [3.05, 3.63) is 35.9 Å². The molecule has 18 atom stereocenters. The van der Waals surface area contributed by atoms with Gasteiger partial charge in [-0.3, -0.25) is 57.6 Å². The van der Waals surface area contributed by atoms with Crippen LogP contribution in [-0.2, 0) is 119 Å². The van der Waals surface area contributed by atoms with Gasteiger partial charge < -0.3 is 128 Å². The number of rotatable bonds is 64. The monoisotopic (exact) mass is 1830 g/mol. The third-order valence-electron chi connectivity index (χ3n) is 20.7. The van der Waals surface area contributed by atoms with Crippen LogP contribution in [0, 0.1) is 23.7 Å². The Bertz CT molecular complexity index is 3100. The van der Waals surface area contributed by atoms with E-state index in [1.165, 1.54) is 42.7 Å². The number of methoxy groups -OCH3 is 6. The topological polar surface area (TPSA) is 496 Å². The first-order valence-electron chi connectivity index (χ1n) is 43.6. The lowest BCUT2D eigenvalue weighted by Crippen LogP contribution is -2.59. The average Bonchev–Trinajstić information content (AvgIpc) is 1.41. The maximum atomic E-state index is 14.5. The standard InChI is InChI=1S/C54H92N6O14.C14H27NO6S.C12H22O7.C7H16O4/c1-16-35(7)49(59(12)54(68)47(33(3)4)57-53(67)48(34(5)6)58(10)11)41(69-13)29-43(63)60-28-22-25-40(60)50(71-15)36(8)52(66)56-37(9)51(38-23-19-18-20-24-38)74-45(65)30-55-42(62)26-21-27-44(64)72-32-46(70-14)73-39(17-2)31-61;1-3-11(9-16)21-14(19-2)10-20-13(18)6-4-5-12(17)15-7-8-22;1-3-9(7-13)19-12(17-2)8-18-11(16)6-4-5-10(14)15;1-3-6(4-8)11-7(5-9)10-2/h18-20,23-24,33-37,39-41,46-51,61H,16-17,21-22,25-32H2,1-15H3,(H,55,62)(H,56,66)(H,57,67);11,14,16,22H,3-10H2,1-2H3,(H,15,17);9,12-13H,3-8H2,1-2H3,(H,14,15);6-9H,3-5H2,1-2H3/t35-,36+,37+,39?,40-,41+,46?,47?,48-,49-,50+,51?;;;/m0.../s1. The molecule has 0 bridgehead atoms. The van der Waals surface area contributed by atoms with Crippen molar-refractivity contribution < 1.29 is 150 Å². The second-order valence-electron chi connectivity index (χ2n) is 31.2. The zero-order valence-corrected chi connectivity index (χ0v) is 79.5. The molecule has 10 unspecified atom stereocenters. The number of aliphatic carboxylic acids is 1. The molecule has 1 saturated heterocycles. The molecule has 0 aromatic heterocycles. The first-order valence-corrected chi connectivity index (χ1v) is 44.3. The Morgan fingerprint density at radius 1 is 0.524 bits per heavy atom. The van der Waals surface area contributed by atoms with E-state index in [2.05, 4.69) is 33.9 Å². The first kappa shape index (κ1) is 121. The number of thiol groups is 1. The number of esters is 4. The number of hydrogen-bond donors (Lipinski definition) is 11. The van der Waals surface area contributed by atoms with Gasteiger partial charge in [0.1, 0.15) is 38.5 Å². The summed E-state index contributed by atoms with van der Waals surface area (Å²) in [6.45, 7) is 22.1. The molecule has 126 heavy (non-hydrogen) atoms. The fourth-order valence-corrected chi connectivity index (χ4v) is 13.2. The number of carbonyl (C=O) groups is 11. The minimum Gasteiger partial charge on any atom is -0.481 e. The number of carboxylic acid groups (broad SMARTS) is 1. The van der Waals surface area contributed by atoms with Gasteiger partial charge in [0.2, 0.25) is 35.4 Å². The molecule has 39 heteroatoms. The van der Waals surface area contributed by atoms with Crippen molar-refractivity contribution in [3.63, 3.8) is 0 Å². The number of carbonyl (C=O) groups excluding carboxylic acids is 10. The fraction of sp³-hybridized carbons (Fsp3) is 0.805. The number of aliphatic hydroxyl groups excluding tert-OH is 5. The average molecular weight is 1830 g/mol. The number of aliphatic hydroxyl groups is 5. The van der Waals surface area contributed by atoms with Gasteiger partial charge in [-0.25, -0.2) is 0 Å². The van der Waals surface area contributed by atoms with Crippen LogP contribution < -0.4 is 21.3 Å². The van der Waals surface area contributed by atoms with Crippen LogP contribution in [0.3, 0.4) is 0 Å². The van der Waals surface area contributed by atoms with Crippen molar-refractivity contribution in [1.29, 1.82) is 0 Å². The van der Waals surface area contributed by atoms with Gasteiger partial charge in [-0.1, -0.05) is 113 Å². The van der Waals surface area contributed by atoms with Gasteiger partial charge >= 0.3 is 29.8 Å². The highest BCUT2D eigenvalue weighted by molar-refractivity contribution is 7.80. The van der Waals surface area contributed by atoms with Crippen molar-refractivity contribution in [2.45, 2.75) is 290 Å². The van der Waals surface area contributed by atoms with Crippen molar-refractivity contribution in [2.24, 2.45) is 23.7 Å². The Labute approximate surface area is 752 Å². The predicted molar refractivity (Wildman–Crippen MR) is 469 cm³/mol. The zero-order valence-electron chi connectivity index (χ0n) is 78.6. The molecule has 1 fully saturated rings. The van der Waals surface area contributed by atoms with Crippen LogP contribution in [-0.4, -0.2) is 345 Å². The molecule has 1 aliphatic heterocycles. The molecular weight excluding hydrogens is 1670 g/mol. The second kappa shape index (κ2) is 71.9. The van der Waals surface area contributed by atoms with Crippen LogP contribution in [0.5, 0.6) is 0 Å². The number of amides is 6. The number of carboxylic acids is 1. The Kier molecular flexibility index (Phi) is 69.1. The zero-order chi connectivity index (χ0) is 96.0. The summed E-state index contributed by atoms with van der Waals surface area (Å²) >= 11 is 3.98. The number of nitrogens with one attached hydrogen (secondary N) is 4. The minimum absolute atomic E-state index is 0.0105. The Balaban J connectivity index is 0. The summed E-state index contributed by atoms with van der Waals surface area (Å²) < 4.78 is 74.4. The van der Waals surface area contributed by atoms with Gasteiger partial charge in [0.15, 0.2) is 25.2 Å². The second-order valence-corrected chi connectivity index (χ2v) is 31.6. The Morgan fingerprint density at radius 2 is 0.968 bits per heavy atom. The number of nitrogens with zero attached hydrogens (tertiary/aromatic N) is 3. The van der Waals surface area contributed by atoms with E-state index in [0.29, 0.717) is 75.8 Å². The van der Waals surface area contributed by atoms with Gasteiger partial charge in [0.25, 0.3) is 0 Å². The number of hydrogen-bond acceptors (Lipinski definition) is 32.